The van der Waals surface area contributed by atoms with Crippen molar-refractivity contribution in [1.82, 2.24) is 0 Å². The third-order valence-electron chi connectivity index (χ3n) is 4.56. The summed E-state index contributed by atoms with van der Waals surface area (Å²) >= 11 is 0. The van der Waals surface area contributed by atoms with Crippen LogP contribution >= 0.6 is 0 Å². The van der Waals surface area contributed by atoms with Gasteiger partial charge in [0.15, 0.2) is 5.78 Å². The van der Waals surface area contributed by atoms with Gasteiger partial charge in [-0.3, -0.25) is 9.59 Å². The molecule has 0 N–H and O–H groups in total. The highest BCUT2D eigenvalue weighted by molar-refractivity contribution is 5.96. The second kappa shape index (κ2) is 4.40. The lowest BCUT2D eigenvalue weighted by molar-refractivity contribution is -0.134. The fourth-order valence-corrected chi connectivity index (χ4v) is 3.60. The highest BCUT2D eigenvalue weighted by Gasteiger charge is 2.45. The standard InChI is InChI=1S/C15H22O2/c1-8(2)15-12-5-10(4)13(16)7-11(12)9(3)6-14(15)17/h5,8-9,11-12,15H,6-7H2,1-4H3/t9-,11+,12+,15-/m1/s1. The molecule has 0 saturated heterocycles. The second-order valence-electron chi connectivity index (χ2n) is 6.14. The molecule has 0 aromatic carbocycles. The van der Waals surface area contributed by atoms with Gasteiger partial charge in [0.25, 0.3) is 0 Å². The maximum Gasteiger partial charge on any atom is 0.158 e. The van der Waals surface area contributed by atoms with E-state index in [-0.39, 0.29) is 11.7 Å². The lowest BCUT2D eigenvalue weighted by Crippen LogP contribution is -2.44. The average Bonchev–Trinajstić information content (AvgIpc) is 2.20. The van der Waals surface area contributed by atoms with Gasteiger partial charge in [0.2, 0.25) is 0 Å². The maximum absolute atomic E-state index is 12.2. The SMILES string of the molecule is CC1=C[C@H]2[C@@H](CC1=O)[C@H](C)CC(=O)[C@@H]2C(C)C. The molecular weight excluding hydrogens is 212 g/mol. The Morgan fingerprint density at radius 1 is 1.24 bits per heavy atom. The third kappa shape index (κ3) is 2.10. The number of carbonyl (C=O) groups is 2. The molecule has 0 bridgehead atoms. The van der Waals surface area contributed by atoms with E-state index < -0.39 is 0 Å². The van der Waals surface area contributed by atoms with Gasteiger partial charge < -0.3 is 0 Å². The summed E-state index contributed by atoms with van der Waals surface area (Å²) in [6.07, 6.45) is 3.38. The molecule has 17 heavy (non-hydrogen) atoms. The summed E-state index contributed by atoms with van der Waals surface area (Å²) in [5.41, 5.74) is 0.860. The Morgan fingerprint density at radius 2 is 1.88 bits per heavy atom. The van der Waals surface area contributed by atoms with E-state index in [1.165, 1.54) is 0 Å². The zero-order chi connectivity index (χ0) is 12.7. The van der Waals surface area contributed by atoms with Crippen molar-refractivity contribution in [3.63, 3.8) is 0 Å². The Morgan fingerprint density at radius 3 is 2.47 bits per heavy atom. The van der Waals surface area contributed by atoms with Crippen LogP contribution in [0.1, 0.15) is 40.5 Å². The molecule has 2 aliphatic rings. The quantitative estimate of drug-likeness (QED) is 0.699. The molecule has 0 aromatic heterocycles. The van der Waals surface area contributed by atoms with Crippen LogP contribution in [0, 0.1) is 29.6 Å². The van der Waals surface area contributed by atoms with E-state index in [1.807, 2.05) is 6.92 Å². The van der Waals surface area contributed by atoms with Gasteiger partial charge in [0, 0.05) is 18.8 Å². The molecule has 0 spiro atoms. The number of ketones is 2. The van der Waals surface area contributed by atoms with Crippen molar-refractivity contribution in [3.05, 3.63) is 11.6 Å². The Labute approximate surface area is 103 Å². The topological polar surface area (TPSA) is 34.1 Å². The van der Waals surface area contributed by atoms with E-state index in [2.05, 4.69) is 26.8 Å². The lowest BCUT2D eigenvalue weighted by Gasteiger charge is -2.43. The van der Waals surface area contributed by atoms with E-state index in [4.69, 9.17) is 0 Å². The van der Waals surface area contributed by atoms with Crippen LogP contribution < -0.4 is 0 Å². The van der Waals surface area contributed by atoms with E-state index in [9.17, 15) is 9.59 Å². The second-order valence-corrected chi connectivity index (χ2v) is 6.14. The number of fused-ring (bicyclic) bond motifs is 1. The number of allylic oxidation sites excluding steroid dienone is 2. The van der Waals surface area contributed by atoms with Crippen LogP contribution in [0.25, 0.3) is 0 Å². The van der Waals surface area contributed by atoms with Gasteiger partial charge in [-0.15, -0.1) is 0 Å². The maximum atomic E-state index is 12.2. The summed E-state index contributed by atoms with van der Waals surface area (Å²) < 4.78 is 0. The van der Waals surface area contributed by atoms with E-state index >= 15 is 0 Å². The van der Waals surface area contributed by atoms with E-state index in [1.54, 1.807) is 0 Å². The zero-order valence-corrected chi connectivity index (χ0v) is 11.2. The normalized spacial score (nSPS) is 38.1. The van der Waals surface area contributed by atoms with Gasteiger partial charge in [-0.1, -0.05) is 26.8 Å². The molecule has 1 fully saturated rings. The lowest BCUT2D eigenvalue weighted by atomic mass is 9.59. The molecule has 0 unspecified atom stereocenters. The Bertz CT molecular complexity index is 378. The predicted octanol–water partition coefficient (Wildman–Crippen LogP) is 3.02. The highest BCUT2D eigenvalue weighted by atomic mass is 16.1. The molecule has 4 atom stereocenters. The number of hydrogen-bond acceptors (Lipinski definition) is 2. The van der Waals surface area contributed by atoms with Gasteiger partial charge in [0.1, 0.15) is 5.78 Å². The minimum absolute atomic E-state index is 0.124. The van der Waals surface area contributed by atoms with Crippen LogP contribution in [0.15, 0.2) is 11.6 Å². The molecule has 1 saturated carbocycles. The Kier molecular flexibility index (Phi) is 3.24. The monoisotopic (exact) mass is 234 g/mol. The molecular formula is C15H22O2. The van der Waals surface area contributed by atoms with Crippen LogP contribution in [-0.2, 0) is 9.59 Å². The minimum Gasteiger partial charge on any atom is -0.299 e. The number of hydrogen-bond donors (Lipinski definition) is 0. The van der Waals surface area contributed by atoms with Crippen LogP contribution in [-0.4, -0.2) is 11.6 Å². The first-order valence-corrected chi connectivity index (χ1v) is 6.66. The fourth-order valence-electron chi connectivity index (χ4n) is 3.60. The van der Waals surface area contributed by atoms with Crippen molar-refractivity contribution >= 4 is 11.6 Å². The summed E-state index contributed by atoms with van der Waals surface area (Å²) in [6.45, 7) is 8.25. The molecule has 0 aliphatic heterocycles. The Balaban J connectivity index is 2.37. The van der Waals surface area contributed by atoms with Crippen molar-refractivity contribution in [2.45, 2.75) is 40.5 Å². The van der Waals surface area contributed by atoms with Gasteiger partial charge in [0.05, 0.1) is 0 Å². The summed E-state index contributed by atoms with van der Waals surface area (Å²) in [6, 6.07) is 0. The Hall–Kier alpha value is -0.920. The molecule has 2 heteroatoms. The molecule has 0 radical (unpaired) electrons. The first-order chi connectivity index (χ1) is 7.91. The van der Waals surface area contributed by atoms with E-state index in [0.29, 0.717) is 42.3 Å². The molecule has 94 valence electrons. The molecule has 2 rings (SSSR count). The highest BCUT2D eigenvalue weighted by Crippen LogP contribution is 2.45. The van der Waals surface area contributed by atoms with Crippen LogP contribution in [0.2, 0.25) is 0 Å². The van der Waals surface area contributed by atoms with E-state index in [0.717, 1.165) is 5.57 Å². The predicted molar refractivity (Wildman–Crippen MR) is 67.5 cm³/mol. The van der Waals surface area contributed by atoms with Gasteiger partial charge in [-0.05, 0) is 36.2 Å². The van der Waals surface area contributed by atoms with Crippen molar-refractivity contribution in [1.29, 1.82) is 0 Å². The van der Waals surface area contributed by atoms with Crippen molar-refractivity contribution in [2.24, 2.45) is 29.6 Å². The molecule has 2 nitrogen and oxygen atoms in total. The molecule has 0 heterocycles. The van der Waals surface area contributed by atoms with Crippen molar-refractivity contribution in [3.8, 4) is 0 Å². The van der Waals surface area contributed by atoms with Gasteiger partial charge in [-0.2, -0.15) is 0 Å². The van der Waals surface area contributed by atoms with Gasteiger partial charge in [-0.25, -0.2) is 0 Å². The van der Waals surface area contributed by atoms with Crippen molar-refractivity contribution < 1.29 is 9.59 Å². The number of rotatable bonds is 1. The summed E-state index contributed by atoms with van der Waals surface area (Å²) in [4.78, 5) is 24.0. The molecule has 0 amide bonds. The fraction of sp³-hybridized carbons (Fsp3) is 0.733. The summed E-state index contributed by atoms with van der Waals surface area (Å²) in [5, 5.41) is 0. The zero-order valence-electron chi connectivity index (χ0n) is 11.2. The van der Waals surface area contributed by atoms with Crippen LogP contribution in [0.3, 0.4) is 0 Å². The van der Waals surface area contributed by atoms with Crippen LogP contribution in [0.5, 0.6) is 0 Å². The van der Waals surface area contributed by atoms with Gasteiger partial charge >= 0.3 is 0 Å². The largest absolute Gasteiger partial charge is 0.299 e. The molecule has 0 aromatic rings. The number of Topliss-reactive ketones (excluding diaryl/α,β-unsaturated/α-hetero) is 2. The van der Waals surface area contributed by atoms with Crippen LogP contribution in [0.4, 0.5) is 0 Å². The minimum atomic E-state index is 0.124. The average molecular weight is 234 g/mol. The smallest absolute Gasteiger partial charge is 0.158 e. The summed E-state index contributed by atoms with van der Waals surface area (Å²) in [5.74, 6) is 2.21. The number of carbonyl (C=O) groups excluding carboxylic acids is 2. The first kappa shape index (κ1) is 12.5. The summed E-state index contributed by atoms with van der Waals surface area (Å²) in [7, 11) is 0. The first-order valence-electron chi connectivity index (χ1n) is 6.66. The van der Waals surface area contributed by atoms with Crippen molar-refractivity contribution in [2.75, 3.05) is 0 Å². The third-order valence-corrected chi connectivity index (χ3v) is 4.56. The molecule has 2 aliphatic carbocycles.